The molecule has 0 amide bonds. The molecule has 0 aromatic rings. The van der Waals surface area contributed by atoms with Gasteiger partial charge in [0.05, 0.1) is 13.7 Å². The quantitative estimate of drug-likeness (QED) is 0.423. The van der Waals surface area contributed by atoms with Crippen LogP contribution >= 0.6 is 12.4 Å². The third-order valence-electron chi connectivity index (χ3n) is 0.818. The molecule has 0 atom stereocenters. The van der Waals surface area contributed by atoms with E-state index in [1.807, 2.05) is 0 Å². The molecule has 0 rings (SSSR count). The second-order valence-corrected chi connectivity index (χ2v) is 1.54. The molecule has 0 aliphatic rings. The summed E-state index contributed by atoms with van der Waals surface area (Å²) in [6, 6.07) is 0. The maximum absolute atomic E-state index is 10.4. The molecule has 0 saturated heterocycles. The number of hydrogen-bond acceptors (Lipinski definition) is 4. The van der Waals surface area contributed by atoms with E-state index in [-0.39, 0.29) is 24.9 Å². The Kier molecular flexibility index (Phi) is 10.7. The van der Waals surface area contributed by atoms with Crippen LogP contribution in [0.3, 0.4) is 0 Å². The van der Waals surface area contributed by atoms with Crippen molar-refractivity contribution >= 4 is 18.4 Å². The molecule has 0 radical (unpaired) electrons. The molecule has 62 valence electrons. The Morgan fingerprint density at radius 3 is 2.70 bits per heavy atom. The molecule has 0 spiro atoms. The van der Waals surface area contributed by atoms with Crippen LogP contribution in [0.1, 0.15) is 0 Å². The van der Waals surface area contributed by atoms with E-state index in [9.17, 15) is 4.79 Å². The largest absolute Gasteiger partial charge is 0.468 e. The molecule has 0 aliphatic heterocycles. The molecule has 0 saturated carbocycles. The van der Waals surface area contributed by atoms with E-state index >= 15 is 0 Å². The molecule has 5 heteroatoms. The van der Waals surface area contributed by atoms with Gasteiger partial charge in [0.2, 0.25) is 0 Å². The van der Waals surface area contributed by atoms with Crippen LogP contribution in [-0.4, -0.2) is 32.7 Å². The van der Waals surface area contributed by atoms with E-state index in [0.717, 1.165) is 0 Å². The van der Waals surface area contributed by atoms with Gasteiger partial charge in [0.1, 0.15) is 0 Å². The zero-order valence-corrected chi connectivity index (χ0v) is 6.74. The first-order chi connectivity index (χ1) is 4.31. The fraction of sp³-hybridized carbons (Fsp3) is 0.800. The van der Waals surface area contributed by atoms with Gasteiger partial charge in [0.15, 0.2) is 0 Å². The van der Waals surface area contributed by atoms with Crippen LogP contribution in [0.5, 0.6) is 0 Å². The number of halogens is 1. The van der Waals surface area contributed by atoms with Crippen LogP contribution < -0.4 is 11.1 Å². The lowest BCUT2D eigenvalue weighted by Crippen LogP contribution is -2.28. The van der Waals surface area contributed by atoms with E-state index in [1.165, 1.54) is 7.11 Å². The minimum absolute atomic E-state index is 0. The lowest BCUT2D eigenvalue weighted by atomic mass is 10.6. The number of carbonyl (C=O) groups excluding carboxylic acids is 1. The number of esters is 1. The SMILES string of the molecule is COC(=O)CNCCN.Cl. The lowest BCUT2D eigenvalue weighted by molar-refractivity contribution is -0.139. The van der Waals surface area contributed by atoms with Crippen molar-refractivity contribution < 1.29 is 9.53 Å². The van der Waals surface area contributed by atoms with Crippen LogP contribution in [0.25, 0.3) is 0 Å². The molecule has 0 fully saturated rings. The number of methoxy groups -OCH3 is 1. The Morgan fingerprint density at radius 2 is 2.30 bits per heavy atom. The maximum atomic E-state index is 10.4. The molecule has 10 heavy (non-hydrogen) atoms. The van der Waals surface area contributed by atoms with Gasteiger partial charge in [-0.3, -0.25) is 4.79 Å². The van der Waals surface area contributed by atoms with Crippen LogP contribution in [0, 0.1) is 0 Å². The summed E-state index contributed by atoms with van der Waals surface area (Å²) in [6.07, 6.45) is 0. The molecule has 0 heterocycles. The van der Waals surface area contributed by atoms with Crippen molar-refractivity contribution in [1.82, 2.24) is 5.32 Å². The Balaban J connectivity index is 0. The molecule has 0 aromatic heterocycles. The Morgan fingerprint density at radius 1 is 1.70 bits per heavy atom. The molecule has 0 unspecified atom stereocenters. The summed E-state index contributed by atoms with van der Waals surface area (Å²) >= 11 is 0. The van der Waals surface area contributed by atoms with Gasteiger partial charge in [0, 0.05) is 13.1 Å². The molecule has 0 bridgehead atoms. The molecule has 0 aliphatic carbocycles. The van der Waals surface area contributed by atoms with E-state index in [1.54, 1.807) is 0 Å². The third-order valence-corrected chi connectivity index (χ3v) is 0.818. The molecule has 3 N–H and O–H groups in total. The van der Waals surface area contributed by atoms with Crippen molar-refractivity contribution in [1.29, 1.82) is 0 Å². The van der Waals surface area contributed by atoms with Crippen molar-refractivity contribution in [3.8, 4) is 0 Å². The van der Waals surface area contributed by atoms with E-state index in [4.69, 9.17) is 5.73 Å². The maximum Gasteiger partial charge on any atom is 0.319 e. The zero-order valence-electron chi connectivity index (χ0n) is 5.92. The topological polar surface area (TPSA) is 64.3 Å². The Labute approximate surface area is 66.5 Å². The first-order valence-corrected chi connectivity index (χ1v) is 2.79. The second-order valence-electron chi connectivity index (χ2n) is 1.54. The highest BCUT2D eigenvalue weighted by Gasteiger charge is 1.95. The third kappa shape index (κ3) is 7.68. The number of nitrogens with one attached hydrogen (secondary N) is 1. The van der Waals surface area contributed by atoms with Crippen molar-refractivity contribution in [2.75, 3.05) is 26.7 Å². The first kappa shape index (κ1) is 12.4. The summed E-state index contributed by atoms with van der Waals surface area (Å²) in [5.41, 5.74) is 5.14. The van der Waals surface area contributed by atoms with Gasteiger partial charge in [-0.1, -0.05) is 0 Å². The summed E-state index contributed by atoms with van der Waals surface area (Å²) in [5, 5.41) is 2.79. The average molecular weight is 169 g/mol. The number of hydrogen-bond donors (Lipinski definition) is 2. The minimum atomic E-state index is -0.261. The van der Waals surface area contributed by atoms with Crippen molar-refractivity contribution in [2.24, 2.45) is 5.73 Å². The van der Waals surface area contributed by atoms with Gasteiger partial charge in [0.25, 0.3) is 0 Å². The zero-order chi connectivity index (χ0) is 7.11. The molecular weight excluding hydrogens is 156 g/mol. The van der Waals surface area contributed by atoms with Gasteiger partial charge >= 0.3 is 5.97 Å². The van der Waals surface area contributed by atoms with Crippen LogP contribution in [0.2, 0.25) is 0 Å². The smallest absolute Gasteiger partial charge is 0.319 e. The number of ether oxygens (including phenoxy) is 1. The predicted molar refractivity (Wildman–Crippen MR) is 41.2 cm³/mol. The molecule has 4 nitrogen and oxygen atoms in total. The Bertz CT molecular complexity index is 89.7. The van der Waals surface area contributed by atoms with Crippen LogP contribution in [0.15, 0.2) is 0 Å². The molecule has 0 aromatic carbocycles. The summed E-state index contributed by atoms with van der Waals surface area (Å²) in [4.78, 5) is 10.4. The molecular formula is C5H13ClN2O2. The van der Waals surface area contributed by atoms with Gasteiger partial charge in [-0.15, -0.1) is 12.4 Å². The van der Waals surface area contributed by atoms with Crippen LogP contribution in [0.4, 0.5) is 0 Å². The normalized spacial score (nSPS) is 8.20. The van der Waals surface area contributed by atoms with Gasteiger partial charge < -0.3 is 15.8 Å². The van der Waals surface area contributed by atoms with E-state index in [0.29, 0.717) is 13.1 Å². The number of nitrogens with two attached hydrogens (primary N) is 1. The Hall–Kier alpha value is -0.320. The van der Waals surface area contributed by atoms with Crippen molar-refractivity contribution in [2.45, 2.75) is 0 Å². The fourth-order valence-corrected chi connectivity index (χ4v) is 0.365. The number of rotatable bonds is 4. The highest BCUT2D eigenvalue weighted by atomic mass is 35.5. The van der Waals surface area contributed by atoms with Crippen LogP contribution in [-0.2, 0) is 9.53 Å². The van der Waals surface area contributed by atoms with Gasteiger partial charge in [-0.05, 0) is 0 Å². The number of carbonyl (C=O) groups is 1. The van der Waals surface area contributed by atoms with E-state index < -0.39 is 0 Å². The standard InChI is InChI=1S/C5H12N2O2.ClH/c1-9-5(8)4-7-3-2-6;/h7H,2-4,6H2,1H3;1H. The van der Waals surface area contributed by atoms with Crippen molar-refractivity contribution in [3.05, 3.63) is 0 Å². The summed E-state index contributed by atoms with van der Waals surface area (Å²) in [5.74, 6) is -0.261. The highest BCUT2D eigenvalue weighted by Crippen LogP contribution is 1.67. The summed E-state index contributed by atoms with van der Waals surface area (Å²) in [7, 11) is 1.35. The van der Waals surface area contributed by atoms with Gasteiger partial charge in [-0.25, -0.2) is 0 Å². The fourth-order valence-electron chi connectivity index (χ4n) is 0.365. The predicted octanol–water partition coefficient (Wildman–Crippen LogP) is -0.871. The second kappa shape index (κ2) is 8.68. The van der Waals surface area contributed by atoms with Crippen molar-refractivity contribution in [3.63, 3.8) is 0 Å². The van der Waals surface area contributed by atoms with Gasteiger partial charge in [-0.2, -0.15) is 0 Å². The average Bonchev–Trinajstić information content (AvgIpc) is 1.89. The van der Waals surface area contributed by atoms with E-state index in [2.05, 4.69) is 10.1 Å². The highest BCUT2D eigenvalue weighted by molar-refractivity contribution is 5.85. The lowest BCUT2D eigenvalue weighted by Gasteiger charge is -1.98. The summed E-state index contributed by atoms with van der Waals surface area (Å²) in [6.45, 7) is 1.43. The summed E-state index contributed by atoms with van der Waals surface area (Å²) < 4.78 is 4.35. The first-order valence-electron chi connectivity index (χ1n) is 2.79. The monoisotopic (exact) mass is 168 g/mol. The minimum Gasteiger partial charge on any atom is -0.468 e.